The van der Waals surface area contributed by atoms with Gasteiger partial charge < -0.3 is 15.0 Å². The van der Waals surface area contributed by atoms with E-state index in [1.54, 1.807) is 12.3 Å². The van der Waals surface area contributed by atoms with Gasteiger partial charge in [0.2, 0.25) is 0 Å². The zero-order valence-corrected chi connectivity index (χ0v) is 19.0. The molecule has 1 atom stereocenters. The van der Waals surface area contributed by atoms with E-state index in [0.29, 0.717) is 36.2 Å². The Kier molecular flexibility index (Phi) is 7.67. The molecule has 1 aromatic carbocycles. The van der Waals surface area contributed by atoms with Gasteiger partial charge in [-0.2, -0.15) is 0 Å². The Bertz CT molecular complexity index is 899. The number of ether oxygens (including phenoxy) is 1. The number of nitrogens with one attached hydrogen (secondary N) is 1. The number of anilines is 1. The van der Waals surface area contributed by atoms with E-state index in [1.807, 2.05) is 23.1 Å². The molecule has 1 N–H and O–H groups in total. The number of benzene rings is 1. The van der Waals surface area contributed by atoms with Crippen molar-refractivity contribution in [3.05, 3.63) is 57.7 Å². The van der Waals surface area contributed by atoms with Gasteiger partial charge in [0, 0.05) is 43.9 Å². The normalized spacial score (nSPS) is 18.6. The molecule has 0 spiro atoms. The van der Waals surface area contributed by atoms with Crippen LogP contribution in [0, 0.1) is 0 Å². The molecular weight excluding hydrogens is 435 g/mol. The van der Waals surface area contributed by atoms with E-state index in [9.17, 15) is 4.79 Å². The third-order valence-corrected chi connectivity index (χ3v) is 6.58. The summed E-state index contributed by atoms with van der Waals surface area (Å²) >= 11 is 13.0. The summed E-state index contributed by atoms with van der Waals surface area (Å²) in [4.78, 5) is 21.4. The second kappa shape index (κ2) is 10.6. The summed E-state index contributed by atoms with van der Waals surface area (Å²) in [5.41, 5.74) is 1.60. The average molecular weight is 463 g/mol. The topological polar surface area (TPSA) is 57.7 Å². The van der Waals surface area contributed by atoms with Crippen LogP contribution in [0.3, 0.4) is 0 Å². The molecule has 4 rings (SSSR count). The third kappa shape index (κ3) is 5.50. The van der Waals surface area contributed by atoms with E-state index >= 15 is 0 Å². The monoisotopic (exact) mass is 462 g/mol. The highest BCUT2D eigenvalue weighted by molar-refractivity contribution is 6.33. The van der Waals surface area contributed by atoms with Gasteiger partial charge in [-0.05, 0) is 37.0 Å². The van der Waals surface area contributed by atoms with Crippen molar-refractivity contribution in [2.75, 3.05) is 51.3 Å². The van der Waals surface area contributed by atoms with Gasteiger partial charge in [-0.25, -0.2) is 4.98 Å². The molecule has 166 valence electrons. The fraction of sp³-hybridized carbons (Fsp3) is 0.478. The van der Waals surface area contributed by atoms with Crippen LogP contribution in [0.5, 0.6) is 0 Å². The lowest BCUT2D eigenvalue weighted by atomic mass is 10.0. The number of amides is 1. The van der Waals surface area contributed by atoms with Crippen molar-refractivity contribution in [1.29, 1.82) is 0 Å². The van der Waals surface area contributed by atoms with Crippen molar-refractivity contribution < 1.29 is 9.53 Å². The highest BCUT2D eigenvalue weighted by Crippen LogP contribution is 2.30. The van der Waals surface area contributed by atoms with Gasteiger partial charge in [0.25, 0.3) is 5.91 Å². The van der Waals surface area contributed by atoms with Crippen molar-refractivity contribution in [3.8, 4) is 0 Å². The second-order valence-corrected chi connectivity index (χ2v) is 8.79. The molecule has 2 aliphatic heterocycles. The Morgan fingerprint density at radius 2 is 1.81 bits per heavy atom. The number of morpholine rings is 1. The molecule has 1 amide bonds. The number of aromatic nitrogens is 1. The van der Waals surface area contributed by atoms with Crippen molar-refractivity contribution in [3.63, 3.8) is 0 Å². The molecular formula is C23H28Cl2N4O2. The van der Waals surface area contributed by atoms with Crippen LogP contribution in [0.25, 0.3) is 0 Å². The Morgan fingerprint density at radius 3 is 2.52 bits per heavy atom. The predicted molar refractivity (Wildman–Crippen MR) is 124 cm³/mol. The molecule has 6 nitrogen and oxygen atoms in total. The number of carbonyl (C=O) groups excluding carboxylic acids is 1. The Hall–Kier alpha value is -1.86. The lowest BCUT2D eigenvalue weighted by Crippen LogP contribution is -2.41. The maximum atomic E-state index is 12.7. The van der Waals surface area contributed by atoms with E-state index in [1.165, 1.54) is 6.42 Å². The molecule has 0 radical (unpaired) electrons. The maximum absolute atomic E-state index is 12.7. The third-order valence-electron chi connectivity index (χ3n) is 5.94. The molecule has 2 fully saturated rings. The van der Waals surface area contributed by atoms with Crippen LogP contribution in [0.1, 0.15) is 41.2 Å². The van der Waals surface area contributed by atoms with Gasteiger partial charge in [0.15, 0.2) is 0 Å². The maximum Gasteiger partial charge on any atom is 0.255 e. The number of pyridine rings is 1. The lowest BCUT2D eigenvalue weighted by Gasteiger charge is -2.35. The molecule has 0 saturated carbocycles. The van der Waals surface area contributed by atoms with Gasteiger partial charge in [0.05, 0.1) is 29.8 Å². The standard InChI is InChI=1S/C23H28Cl2N4O2/c24-19-7-3-2-6-18(19)21(28-10-12-31-13-11-28)16-27-22-20(25)14-17(15-26-22)23(30)29-8-4-1-5-9-29/h2-3,6-7,14-15,21H,1,4-5,8-13,16H2,(H,26,27). The van der Waals surface area contributed by atoms with E-state index in [0.717, 1.165) is 49.6 Å². The number of piperidine rings is 1. The summed E-state index contributed by atoms with van der Waals surface area (Å²) in [6.07, 6.45) is 4.90. The van der Waals surface area contributed by atoms with Crippen molar-refractivity contribution in [2.24, 2.45) is 0 Å². The average Bonchev–Trinajstić information content (AvgIpc) is 2.82. The molecule has 8 heteroatoms. The van der Waals surface area contributed by atoms with Crippen LogP contribution in [0.2, 0.25) is 10.0 Å². The molecule has 3 heterocycles. The van der Waals surface area contributed by atoms with Gasteiger partial charge in [0.1, 0.15) is 5.82 Å². The number of hydrogen-bond acceptors (Lipinski definition) is 5. The van der Waals surface area contributed by atoms with E-state index in [4.69, 9.17) is 27.9 Å². The fourth-order valence-corrected chi connectivity index (χ4v) is 4.72. The Labute approximate surface area is 193 Å². The van der Waals surface area contributed by atoms with Crippen LogP contribution >= 0.6 is 23.2 Å². The molecule has 1 aromatic heterocycles. The molecule has 0 bridgehead atoms. The summed E-state index contributed by atoms with van der Waals surface area (Å²) in [7, 11) is 0. The van der Waals surface area contributed by atoms with Gasteiger partial charge in [-0.1, -0.05) is 41.4 Å². The molecule has 31 heavy (non-hydrogen) atoms. The predicted octanol–water partition coefficient (Wildman–Crippen LogP) is 4.50. The SMILES string of the molecule is O=C(c1cnc(NCC(c2ccccc2Cl)N2CCOCC2)c(Cl)c1)N1CCCCC1. The number of rotatable bonds is 6. The first-order valence-electron chi connectivity index (χ1n) is 10.9. The largest absolute Gasteiger partial charge is 0.379 e. The van der Waals surface area contributed by atoms with Crippen LogP contribution in [0.4, 0.5) is 5.82 Å². The first kappa shape index (κ1) is 22.3. The van der Waals surface area contributed by atoms with Crippen LogP contribution < -0.4 is 5.32 Å². The summed E-state index contributed by atoms with van der Waals surface area (Å²) in [5, 5.41) is 4.56. The second-order valence-electron chi connectivity index (χ2n) is 7.97. The van der Waals surface area contributed by atoms with Crippen LogP contribution in [0.15, 0.2) is 36.5 Å². The Balaban J connectivity index is 1.47. The number of hydrogen-bond donors (Lipinski definition) is 1. The zero-order chi connectivity index (χ0) is 21.6. The number of carbonyl (C=O) groups is 1. The first-order chi connectivity index (χ1) is 15.1. The smallest absolute Gasteiger partial charge is 0.255 e. The summed E-state index contributed by atoms with van der Waals surface area (Å²) in [6.45, 7) is 5.27. The van der Waals surface area contributed by atoms with E-state index < -0.39 is 0 Å². The number of halogens is 2. The summed E-state index contributed by atoms with van der Waals surface area (Å²) in [5.74, 6) is 0.574. The molecule has 0 aliphatic carbocycles. The Morgan fingerprint density at radius 1 is 1.06 bits per heavy atom. The van der Waals surface area contributed by atoms with Crippen LogP contribution in [-0.2, 0) is 4.74 Å². The highest BCUT2D eigenvalue weighted by Gasteiger charge is 2.25. The first-order valence-corrected chi connectivity index (χ1v) is 11.6. The lowest BCUT2D eigenvalue weighted by molar-refractivity contribution is 0.0187. The molecule has 2 saturated heterocycles. The van der Waals surface area contributed by atoms with Crippen molar-refractivity contribution >= 4 is 34.9 Å². The van der Waals surface area contributed by atoms with E-state index in [-0.39, 0.29) is 11.9 Å². The summed E-state index contributed by atoms with van der Waals surface area (Å²) in [6, 6.07) is 9.68. The van der Waals surface area contributed by atoms with Gasteiger partial charge in [-0.3, -0.25) is 9.69 Å². The molecule has 1 unspecified atom stereocenters. The minimum atomic E-state index is 0.00270. The minimum absolute atomic E-state index is 0.00270. The highest BCUT2D eigenvalue weighted by atomic mass is 35.5. The van der Waals surface area contributed by atoms with Crippen molar-refractivity contribution in [1.82, 2.24) is 14.8 Å². The van der Waals surface area contributed by atoms with Crippen molar-refractivity contribution in [2.45, 2.75) is 25.3 Å². The fourth-order valence-electron chi connectivity index (χ4n) is 4.23. The summed E-state index contributed by atoms with van der Waals surface area (Å²) < 4.78 is 5.52. The quantitative estimate of drug-likeness (QED) is 0.684. The zero-order valence-electron chi connectivity index (χ0n) is 17.5. The van der Waals surface area contributed by atoms with Gasteiger partial charge in [-0.15, -0.1) is 0 Å². The van der Waals surface area contributed by atoms with Crippen LogP contribution in [-0.4, -0.2) is 66.6 Å². The van der Waals surface area contributed by atoms with Gasteiger partial charge >= 0.3 is 0 Å². The van der Waals surface area contributed by atoms with E-state index in [2.05, 4.69) is 21.3 Å². The number of likely N-dealkylation sites (tertiary alicyclic amines) is 1. The minimum Gasteiger partial charge on any atom is -0.379 e. The molecule has 2 aliphatic rings. The molecule has 2 aromatic rings. The number of nitrogens with zero attached hydrogens (tertiary/aromatic N) is 3.